The van der Waals surface area contributed by atoms with Gasteiger partial charge in [0.15, 0.2) is 0 Å². The molecule has 2 aromatic rings. The average molecular weight is 248 g/mol. The Morgan fingerprint density at radius 3 is 3.06 bits per heavy atom. The second-order valence-corrected chi connectivity index (χ2v) is 3.79. The van der Waals surface area contributed by atoms with E-state index < -0.39 is 0 Å². The van der Waals surface area contributed by atoms with Crippen molar-refractivity contribution in [2.45, 2.75) is 6.42 Å². The highest BCUT2D eigenvalue weighted by Gasteiger charge is 2.05. The Bertz CT molecular complexity index is 529. The second-order valence-electron chi connectivity index (χ2n) is 3.38. The highest BCUT2D eigenvalue weighted by molar-refractivity contribution is 6.32. The molecule has 1 aromatic heterocycles. The summed E-state index contributed by atoms with van der Waals surface area (Å²) in [5.74, 6) is 0.804. The van der Waals surface area contributed by atoms with Gasteiger partial charge in [-0.2, -0.15) is 10.4 Å². The summed E-state index contributed by atoms with van der Waals surface area (Å²) in [6.07, 6.45) is 2.17. The van der Waals surface area contributed by atoms with Gasteiger partial charge < -0.3 is 5.32 Å². The topological polar surface area (TPSA) is 77.4 Å². The van der Waals surface area contributed by atoms with Crippen LogP contribution in [0.4, 0.5) is 5.69 Å². The minimum Gasteiger partial charge on any atom is -0.383 e. The Kier molecular flexibility index (Phi) is 3.58. The molecule has 0 unspecified atom stereocenters. The fraction of sp³-hybridized carbons (Fsp3) is 0.182. The third kappa shape index (κ3) is 2.74. The molecule has 0 aliphatic rings. The number of H-pyrrole nitrogens is 1. The number of hydrogen-bond donors (Lipinski definition) is 2. The Morgan fingerprint density at radius 2 is 2.35 bits per heavy atom. The number of hydrogen-bond acceptors (Lipinski definition) is 4. The maximum Gasteiger partial charge on any atom is 0.137 e. The predicted octanol–water partition coefficient (Wildman–Crippen LogP) is 1.98. The number of aromatic nitrogens is 3. The van der Waals surface area contributed by atoms with E-state index >= 15 is 0 Å². The van der Waals surface area contributed by atoms with Crippen LogP contribution in [0.15, 0.2) is 24.5 Å². The molecule has 5 nitrogen and oxygen atoms in total. The van der Waals surface area contributed by atoms with Gasteiger partial charge in [-0.25, -0.2) is 4.98 Å². The average Bonchev–Trinajstić information content (AvgIpc) is 2.82. The lowest BCUT2D eigenvalue weighted by Crippen LogP contribution is -2.07. The lowest BCUT2D eigenvalue weighted by atomic mass is 10.2. The Balaban J connectivity index is 2.00. The highest BCUT2D eigenvalue weighted by atomic mass is 35.5. The van der Waals surface area contributed by atoms with Crippen LogP contribution in [0.5, 0.6) is 0 Å². The minimum atomic E-state index is 0.456. The first-order chi connectivity index (χ1) is 8.31. The molecule has 0 aliphatic heterocycles. The van der Waals surface area contributed by atoms with Crippen molar-refractivity contribution in [3.8, 4) is 6.07 Å². The van der Waals surface area contributed by atoms with Crippen LogP contribution in [0.2, 0.25) is 5.02 Å². The number of aromatic amines is 1. The van der Waals surface area contributed by atoms with Gasteiger partial charge >= 0.3 is 0 Å². The number of anilines is 1. The molecule has 2 N–H and O–H groups in total. The van der Waals surface area contributed by atoms with Crippen molar-refractivity contribution in [1.29, 1.82) is 5.26 Å². The lowest BCUT2D eigenvalue weighted by Gasteiger charge is -2.07. The number of benzene rings is 1. The van der Waals surface area contributed by atoms with E-state index in [1.165, 1.54) is 6.33 Å². The van der Waals surface area contributed by atoms with E-state index in [-0.39, 0.29) is 0 Å². The molecule has 0 amide bonds. The van der Waals surface area contributed by atoms with Crippen LogP contribution in [-0.2, 0) is 6.42 Å². The van der Waals surface area contributed by atoms with Crippen LogP contribution < -0.4 is 5.32 Å². The molecule has 0 radical (unpaired) electrons. The highest BCUT2D eigenvalue weighted by Crippen LogP contribution is 2.22. The van der Waals surface area contributed by atoms with Crippen molar-refractivity contribution in [1.82, 2.24) is 15.2 Å². The van der Waals surface area contributed by atoms with Crippen LogP contribution in [0.1, 0.15) is 11.4 Å². The Labute approximate surface area is 103 Å². The summed E-state index contributed by atoms with van der Waals surface area (Å²) in [7, 11) is 0. The molecule has 0 atom stereocenters. The van der Waals surface area contributed by atoms with Gasteiger partial charge in [-0.3, -0.25) is 5.10 Å². The van der Waals surface area contributed by atoms with E-state index in [0.717, 1.165) is 11.5 Å². The molecule has 0 saturated carbocycles. The predicted molar refractivity (Wildman–Crippen MR) is 64.7 cm³/mol. The zero-order valence-electron chi connectivity index (χ0n) is 8.94. The molecule has 0 aliphatic carbocycles. The zero-order valence-corrected chi connectivity index (χ0v) is 9.70. The number of rotatable bonds is 4. The summed E-state index contributed by atoms with van der Waals surface area (Å²) in [5.41, 5.74) is 1.20. The SMILES string of the molecule is N#Cc1c(Cl)cccc1NCCc1ncn[nH]1. The summed E-state index contributed by atoms with van der Waals surface area (Å²) in [5, 5.41) is 19.1. The molecule has 86 valence electrons. The van der Waals surface area contributed by atoms with Crippen molar-refractivity contribution in [2.24, 2.45) is 0 Å². The van der Waals surface area contributed by atoms with Crippen molar-refractivity contribution in [2.75, 3.05) is 11.9 Å². The summed E-state index contributed by atoms with van der Waals surface area (Å²) in [4.78, 5) is 4.01. The van der Waals surface area contributed by atoms with Crippen LogP contribution in [0, 0.1) is 11.3 Å². The van der Waals surface area contributed by atoms with Gasteiger partial charge in [0.25, 0.3) is 0 Å². The van der Waals surface area contributed by atoms with Gasteiger partial charge in [-0.05, 0) is 12.1 Å². The van der Waals surface area contributed by atoms with Crippen molar-refractivity contribution in [3.05, 3.63) is 40.9 Å². The molecule has 6 heteroatoms. The normalized spacial score (nSPS) is 9.88. The largest absolute Gasteiger partial charge is 0.383 e. The van der Waals surface area contributed by atoms with Crippen LogP contribution in [-0.4, -0.2) is 21.7 Å². The number of halogens is 1. The first-order valence-corrected chi connectivity index (χ1v) is 5.46. The van der Waals surface area contributed by atoms with Crippen LogP contribution in [0.3, 0.4) is 0 Å². The third-order valence-electron chi connectivity index (χ3n) is 2.27. The maximum absolute atomic E-state index is 8.98. The molecular weight excluding hydrogens is 238 g/mol. The van der Waals surface area contributed by atoms with Crippen LogP contribution >= 0.6 is 11.6 Å². The number of nitrogens with one attached hydrogen (secondary N) is 2. The molecule has 17 heavy (non-hydrogen) atoms. The first-order valence-electron chi connectivity index (χ1n) is 5.08. The van der Waals surface area contributed by atoms with E-state index in [2.05, 4.69) is 26.6 Å². The quantitative estimate of drug-likeness (QED) is 0.866. The fourth-order valence-corrected chi connectivity index (χ4v) is 1.67. The number of nitrogens with zero attached hydrogens (tertiary/aromatic N) is 3. The van der Waals surface area contributed by atoms with Gasteiger partial charge in [0, 0.05) is 13.0 Å². The monoisotopic (exact) mass is 247 g/mol. The molecule has 0 bridgehead atoms. The van der Waals surface area contributed by atoms with Crippen molar-refractivity contribution < 1.29 is 0 Å². The summed E-state index contributed by atoms with van der Waals surface area (Å²) in [6, 6.07) is 7.40. The van der Waals surface area contributed by atoms with Gasteiger partial charge in [0.2, 0.25) is 0 Å². The Morgan fingerprint density at radius 1 is 1.47 bits per heavy atom. The van der Waals surface area contributed by atoms with E-state index in [0.29, 0.717) is 23.6 Å². The number of nitriles is 1. The van der Waals surface area contributed by atoms with Crippen molar-refractivity contribution >= 4 is 17.3 Å². The summed E-state index contributed by atoms with van der Waals surface area (Å²) >= 11 is 5.92. The summed E-state index contributed by atoms with van der Waals surface area (Å²) < 4.78 is 0. The van der Waals surface area contributed by atoms with E-state index in [9.17, 15) is 0 Å². The van der Waals surface area contributed by atoms with Gasteiger partial charge in [-0.1, -0.05) is 17.7 Å². The van der Waals surface area contributed by atoms with E-state index in [1.807, 2.05) is 6.07 Å². The first kappa shape index (κ1) is 11.4. The van der Waals surface area contributed by atoms with Crippen LogP contribution in [0.25, 0.3) is 0 Å². The standard InChI is InChI=1S/C11H10ClN5/c12-9-2-1-3-10(8(9)6-13)14-5-4-11-15-7-16-17-11/h1-3,7,14H,4-5H2,(H,15,16,17). The third-order valence-corrected chi connectivity index (χ3v) is 2.58. The van der Waals surface area contributed by atoms with Crippen molar-refractivity contribution in [3.63, 3.8) is 0 Å². The molecular formula is C11H10ClN5. The smallest absolute Gasteiger partial charge is 0.137 e. The lowest BCUT2D eigenvalue weighted by molar-refractivity contribution is 0.901. The second kappa shape index (κ2) is 5.32. The molecule has 0 saturated heterocycles. The summed E-state index contributed by atoms with van der Waals surface area (Å²) in [6.45, 7) is 0.657. The molecule has 2 rings (SSSR count). The maximum atomic E-state index is 8.98. The fourth-order valence-electron chi connectivity index (χ4n) is 1.45. The van der Waals surface area contributed by atoms with Gasteiger partial charge in [0.05, 0.1) is 16.3 Å². The molecule has 1 aromatic carbocycles. The van der Waals surface area contributed by atoms with Gasteiger partial charge in [-0.15, -0.1) is 0 Å². The van der Waals surface area contributed by atoms with Gasteiger partial charge in [0.1, 0.15) is 18.2 Å². The molecule has 0 spiro atoms. The Hall–Kier alpha value is -2.06. The van der Waals surface area contributed by atoms with E-state index in [4.69, 9.17) is 16.9 Å². The van der Waals surface area contributed by atoms with E-state index in [1.54, 1.807) is 12.1 Å². The molecule has 0 fully saturated rings. The zero-order chi connectivity index (χ0) is 12.1. The minimum absolute atomic E-state index is 0.456. The molecule has 1 heterocycles.